The second-order valence-corrected chi connectivity index (χ2v) is 4.21. The minimum absolute atomic E-state index is 0.151. The van der Waals surface area contributed by atoms with Crippen molar-refractivity contribution < 1.29 is 14.0 Å². The van der Waals surface area contributed by atoms with Gasteiger partial charge in [0.05, 0.1) is 11.3 Å². The number of rotatable bonds is 3. The van der Waals surface area contributed by atoms with Crippen molar-refractivity contribution in [2.45, 2.75) is 19.8 Å². The Balaban J connectivity index is 2.39. The zero-order valence-electron chi connectivity index (χ0n) is 10.00. The summed E-state index contributed by atoms with van der Waals surface area (Å²) in [5, 5.41) is 0. The molecular weight excluding hydrogens is 233 g/mol. The highest BCUT2D eigenvalue weighted by Crippen LogP contribution is 2.33. The highest BCUT2D eigenvalue weighted by Gasteiger charge is 2.36. The van der Waals surface area contributed by atoms with Crippen LogP contribution in [0.2, 0.25) is 0 Å². The third-order valence-corrected chi connectivity index (χ3v) is 2.92. The Morgan fingerprint density at radius 2 is 2.11 bits per heavy atom. The van der Waals surface area contributed by atoms with E-state index in [0.29, 0.717) is 30.6 Å². The number of aryl methyl sites for hydroxylation is 1. The van der Waals surface area contributed by atoms with E-state index in [9.17, 15) is 14.0 Å². The van der Waals surface area contributed by atoms with E-state index in [1.807, 2.05) is 0 Å². The molecule has 0 spiro atoms. The molecule has 4 heteroatoms. The van der Waals surface area contributed by atoms with E-state index in [0.717, 1.165) is 6.07 Å². The maximum absolute atomic E-state index is 13.2. The molecule has 3 nitrogen and oxygen atoms in total. The fourth-order valence-corrected chi connectivity index (χ4v) is 2.16. The molecule has 0 atom stereocenters. The van der Waals surface area contributed by atoms with Crippen LogP contribution >= 0.6 is 0 Å². The molecule has 92 valence electrons. The molecule has 1 aromatic rings. The second-order valence-electron chi connectivity index (χ2n) is 4.21. The summed E-state index contributed by atoms with van der Waals surface area (Å²) in [6.45, 7) is 2.07. The van der Waals surface area contributed by atoms with Crippen molar-refractivity contribution in [2.24, 2.45) is 0 Å². The smallest absolute Gasteiger partial charge is 0.299 e. The van der Waals surface area contributed by atoms with Gasteiger partial charge in [-0.25, -0.2) is 4.39 Å². The number of carbonyl (C=O) groups is 2. The largest absolute Gasteiger partial charge is 0.304 e. The highest BCUT2D eigenvalue weighted by atomic mass is 19.1. The summed E-state index contributed by atoms with van der Waals surface area (Å²) in [7, 11) is 0. The molecule has 18 heavy (non-hydrogen) atoms. The van der Waals surface area contributed by atoms with E-state index in [2.05, 4.69) is 5.92 Å². The van der Waals surface area contributed by atoms with Gasteiger partial charge < -0.3 is 4.90 Å². The number of terminal acetylenes is 1. The number of carbonyl (C=O) groups excluding carboxylic acids is 2. The fourth-order valence-electron chi connectivity index (χ4n) is 2.16. The second kappa shape index (κ2) is 4.61. The monoisotopic (exact) mass is 245 g/mol. The SMILES string of the molecule is C#CCCCN1C(=O)C(=O)c2cc(F)cc(C)c21. The van der Waals surface area contributed by atoms with Gasteiger partial charge in [-0.1, -0.05) is 0 Å². The number of ketones is 1. The molecule has 0 N–H and O–H groups in total. The van der Waals surface area contributed by atoms with Crippen molar-refractivity contribution in [3.63, 3.8) is 0 Å². The van der Waals surface area contributed by atoms with Gasteiger partial charge in [-0.2, -0.15) is 0 Å². The Morgan fingerprint density at radius 1 is 1.39 bits per heavy atom. The number of halogens is 1. The van der Waals surface area contributed by atoms with Crippen LogP contribution in [0.15, 0.2) is 12.1 Å². The Kier molecular flexibility index (Phi) is 3.15. The lowest BCUT2D eigenvalue weighted by atomic mass is 10.1. The van der Waals surface area contributed by atoms with Crippen LogP contribution in [0.3, 0.4) is 0 Å². The van der Waals surface area contributed by atoms with Crippen molar-refractivity contribution in [3.05, 3.63) is 29.1 Å². The average Bonchev–Trinajstić information content (AvgIpc) is 2.55. The van der Waals surface area contributed by atoms with Crippen molar-refractivity contribution >= 4 is 17.4 Å². The number of Topliss-reactive ketones (excluding diaryl/α,β-unsaturated/α-hetero) is 1. The van der Waals surface area contributed by atoms with Gasteiger partial charge in [0, 0.05) is 13.0 Å². The van der Waals surface area contributed by atoms with E-state index in [1.165, 1.54) is 11.0 Å². The number of hydrogen-bond acceptors (Lipinski definition) is 2. The lowest BCUT2D eigenvalue weighted by Gasteiger charge is -2.17. The summed E-state index contributed by atoms with van der Waals surface area (Å²) in [4.78, 5) is 25.0. The van der Waals surface area contributed by atoms with E-state index in [1.54, 1.807) is 6.92 Å². The lowest BCUT2D eigenvalue weighted by Crippen LogP contribution is -2.30. The van der Waals surface area contributed by atoms with E-state index >= 15 is 0 Å². The molecule has 0 unspecified atom stereocenters. The van der Waals surface area contributed by atoms with Gasteiger partial charge in [-0.15, -0.1) is 12.3 Å². The predicted octanol–water partition coefficient (Wildman–Crippen LogP) is 2.08. The van der Waals surface area contributed by atoms with Crippen LogP contribution in [-0.2, 0) is 4.79 Å². The van der Waals surface area contributed by atoms with Crippen LogP contribution < -0.4 is 4.90 Å². The molecule has 1 heterocycles. The van der Waals surface area contributed by atoms with Crippen LogP contribution in [-0.4, -0.2) is 18.2 Å². The maximum Gasteiger partial charge on any atom is 0.299 e. The fraction of sp³-hybridized carbons (Fsp3) is 0.286. The zero-order valence-corrected chi connectivity index (χ0v) is 10.00. The van der Waals surface area contributed by atoms with Crippen molar-refractivity contribution in [3.8, 4) is 12.3 Å². The van der Waals surface area contributed by atoms with Crippen molar-refractivity contribution in [1.82, 2.24) is 0 Å². The van der Waals surface area contributed by atoms with Crippen LogP contribution in [0, 0.1) is 25.1 Å². The van der Waals surface area contributed by atoms with Crippen molar-refractivity contribution in [2.75, 3.05) is 11.4 Å². The summed E-state index contributed by atoms with van der Waals surface area (Å²) < 4.78 is 13.2. The van der Waals surface area contributed by atoms with E-state index in [-0.39, 0.29) is 5.56 Å². The van der Waals surface area contributed by atoms with Crippen LogP contribution in [0.1, 0.15) is 28.8 Å². The van der Waals surface area contributed by atoms with Gasteiger partial charge >= 0.3 is 0 Å². The minimum Gasteiger partial charge on any atom is -0.304 e. The first kappa shape index (κ1) is 12.3. The highest BCUT2D eigenvalue weighted by molar-refractivity contribution is 6.52. The normalized spacial score (nSPS) is 13.7. The molecule has 1 aromatic carbocycles. The Labute approximate surface area is 105 Å². The van der Waals surface area contributed by atoms with Gasteiger partial charge in [-0.3, -0.25) is 9.59 Å². The zero-order chi connectivity index (χ0) is 13.3. The molecule has 2 rings (SSSR count). The summed E-state index contributed by atoms with van der Waals surface area (Å²) in [6.07, 6.45) is 6.30. The lowest BCUT2D eigenvalue weighted by molar-refractivity contribution is -0.114. The number of benzene rings is 1. The summed E-state index contributed by atoms with van der Waals surface area (Å²) in [5.41, 5.74) is 1.26. The number of amides is 1. The first-order valence-electron chi connectivity index (χ1n) is 5.66. The summed E-state index contributed by atoms with van der Waals surface area (Å²) in [5.74, 6) is 0.734. The third-order valence-electron chi connectivity index (χ3n) is 2.92. The maximum atomic E-state index is 13.2. The molecule has 0 saturated heterocycles. The number of hydrogen-bond donors (Lipinski definition) is 0. The van der Waals surface area contributed by atoms with Gasteiger partial charge in [0.2, 0.25) is 0 Å². The standard InChI is InChI=1S/C14H12FNO2/c1-3-4-5-6-16-12-9(2)7-10(15)8-11(12)13(17)14(16)18/h1,7-8H,4-6H2,2H3. The average molecular weight is 245 g/mol. The topological polar surface area (TPSA) is 37.4 Å². The molecule has 1 amide bonds. The van der Waals surface area contributed by atoms with Gasteiger partial charge in [-0.05, 0) is 31.0 Å². The quantitative estimate of drug-likeness (QED) is 0.464. The van der Waals surface area contributed by atoms with Gasteiger partial charge in [0.25, 0.3) is 11.7 Å². The van der Waals surface area contributed by atoms with Crippen LogP contribution in [0.25, 0.3) is 0 Å². The Bertz CT molecular complexity index is 572. The van der Waals surface area contributed by atoms with Crippen molar-refractivity contribution in [1.29, 1.82) is 0 Å². The Hall–Kier alpha value is -2.15. The molecule has 0 aliphatic carbocycles. The molecule has 0 fully saturated rings. The molecule has 0 bridgehead atoms. The van der Waals surface area contributed by atoms with Crippen LogP contribution in [0.4, 0.5) is 10.1 Å². The minimum atomic E-state index is -0.645. The molecule has 0 radical (unpaired) electrons. The number of unbranched alkanes of at least 4 members (excludes halogenated alkanes) is 1. The number of fused-ring (bicyclic) bond motifs is 1. The molecule has 1 aliphatic rings. The third kappa shape index (κ3) is 1.88. The number of nitrogens with zero attached hydrogens (tertiary/aromatic N) is 1. The predicted molar refractivity (Wildman–Crippen MR) is 65.9 cm³/mol. The van der Waals surface area contributed by atoms with Crippen LogP contribution in [0.5, 0.6) is 0 Å². The van der Waals surface area contributed by atoms with E-state index < -0.39 is 17.5 Å². The molecule has 1 aliphatic heterocycles. The van der Waals surface area contributed by atoms with E-state index in [4.69, 9.17) is 6.42 Å². The number of anilines is 1. The molecule has 0 saturated carbocycles. The summed E-state index contributed by atoms with van der Waals surface area (Å²) >= 11 is 0. The van der Waals surface area contributed by atoms with Gasteiger partial charge in [0.1, 0.15) is 5.82 Å². The molecule has 0 aromatic heterocycles. The molecular formula is C14H12FNO2. The van der Waals surface area contributed by atoms with Gasteiger partial charge in [0.15, 0.2) is 0 Å². The summed E-state index contributed by atoms with van der Waals surface area (Å²) in [6, 6.07) is 2.43. The Morgan fingerprint density at radius 3 is 2.78 bits per heavy atom. The first-order chi connectivity index (χ1) is 8.56. The first-order valence-corrected chi connectivity index (χ1v) is 5.66.